The smallest absolute Gasteiger partial charge is 0.141 e. The summed E-state index contributed by atoms with van der Waals surface area (Å²) in [6.07, 6.45) is 1.38. The Hall–Kier alpha value is -0.790. The van der Waals surface area contributed by atoms with Crippen LogP contribution >= 0.6 is 0 Å². The van der Waals surface area contributed by atoms with Gasteiger partial charge in [0.1, 0.15) is 5.83 Å². The molecule has 0 rings (SSSR count). The van der Waals surface area contributed by atoms with Crippen LogP contribution in [-0.2, 0) is 0 Å². The van der Waals surface area contributed by atoms with Crippen molar-refractivity contribution in [2.75, 3.05) is 0 Å². The lowest BCUT2D eigenvalue weighted by atomic mass is 10.0. The van der Waals surface area contributed by atoms with Crippen molar-refractivity contribution in [3.8, 4) is 0 Å². The standard InChI is InChI=1S/C9H16FN/c1-5-8(10)9(11)7(4)6(2)3/h5-6H,11H2,1-4H3/b8-5+,9-7-. The molecule has 0 saturated carbocycles. The summed E-state index contributed by atoms with van der Waals surface area (Å²) in [5.41, 5.74) is 6.69. The van der Waals surface area contributed by atoms with E-state index >= 15 is 0 Å². The van der Waals surface area contributed by atoms with Gasteiger partial charge in [0.2, 0.25) is 0 Å². The van der Waals surface area contributed by atoms with Crippen LogP contribution < -0.4 is 5.73 Å². The molecule has 0 aliphatic heterocycles. The van der Waals surface area contributed by atoms with Gasteiger partial charge in [-0.15, -0.1) is 0 Å². The molecule has 2 N–H and O–H groups in total. The number of rotatable bonds is 2. The van der Waals surface area contributed by atoms with Crippen LogP contribution in [0.25, 0.3) is 0 Å². The lowest BCUT2D eigenvalue weighted by Gasteiger charge is -2.08. The molecule has 0 aromatic heterocycles. The highest BCUT2D eigenvalue weighted by atomic mass is 19.1. The molecule has 0 aliphatic carbocycles. The molecule has 0 spiro atoms. The number of allylic oxidation sites excluding steroid dienone is 3. The molecule has 0 fully saturated rings. The molecule has 0 amide bonds. The largest absolute Gasteiger partial charge is 0.396 e. The van der Waals surface area contributed by atoms with Gasteiger partial charge in [-0.3, -0.25) is 0 Å². The molecule has 0 saturated heterocycles. The molecule has 0 atom stereocenters. The van der Waals surface area contributed by atoms with Gasteiger partial charge in [0.15, 0.2) is 0 Å². The Kier molecular flexibility index (Phi) is 3.86. The van der Waals surface area contributed by atoms with E-state index in [4.69, 9.17) is 5.73 Å². The van der Waals surface area contributed by atoms with E-state index in [0.717, 1.165) is 5.57 Å². The monoisotopic (exact) mass is 157 g/mol. The van der Waals surface area contributed by atoms with E-state index < -0.39 is 0 Å². The summed E-state index contributed by atoms with van der Waals surface area (Å²) in [4.78, 5) is 0. The summed E-state index contributed by atoms with van der Waals surface area (Å²) in [6, 6.07) is 0. The maximum atomic E-state index is 12.8. The highest BCUT2D eigenvalue weighted by Gasteiger charge is 2.05. The Bertz CT molecular complexity index is 190. The minimum Gasteiger partial charge on any atom is -0.396 e. The van der Waals surface area contributed by atoms with Crippen LogP contribution in [0.4, 0.5) is 4.39 Å². The van der Waals surface area contributed by atoms with Crippen LogP contribution in [-0.4, -0.2) is 0 Å². The number of hydrogen-bond acceptors (Lipinski definition) is 1. The molecule has 64 valence electrons. The predicted molar refractivity (Wildman–Crippen MR) is 46.6 cm³/mol. The molecule has 0 bridgehead atoms. The van der Waals surface area contributed by atoms with Gasteiger partial charge in [-0.2, -0.15) is 0 Å². The fraction of sp³-hybridized carbons (Fsp3) is 0.556. The van der Waals surface area contributed by atoms with Gasteiger partial charge in [0.05, 0.1) is 5.70 Å². The van der Waals surface area contributed by atoms with Crippen molar-refractivity contribution < 1.29 is 4.39 Å². The Labute approximate surface area is 67.8 Å². The average Bonchev–Trinajstić information content (AvgIpc) is 2.00. The highest BCUT2D eigenvalue weighted by molar-refractivity contribution is 5.27. The Morgan fingerprint density at radius 1 is 1.45 bits per heavy atom. The third-order valence-electron chi connectivity index (χ3n) is 1.80. The van der Waals surface area contributed by atoms with Gasteiger partial charge in [-0.05, 0) is 31.4 Å². The minimum absolute atomic E-state index is 0.280. The predicted octanol–water partition coefficient (Wildman–Crippen LogP) is 2.75. The van der Waals surface area contributed by atoms with E-state index in [1.54, 1.807) is 6.92 Å². The van der Waals surface area contributed by atoms with E-state index in [1.165, 1.54) is 6.08 Å². The van der Waals surface area contributed by atoms with Crippen LogP contribution in [0.2, 0.25) is 0 Å². The van der Waals surface area contributed by atoms with Gasteiger partial charge >= 0.3 is 0 Å². The fourth-order valence-corrected chi connectivity index (χ4v) is 0.655. The molecule has 11 heavy (non-hydrogen) atoms. The van der Waals surface area contributed by atoms with E-state index in [-0.39, 0.29) is 11.5 Å². The first-order chi connectivity index (χ1) is 5.00. The summed E-state index contributed by atoms with van der Waals surface area (Å²) >= 11 is 0. The number of halogens is 1. The molecule has 0 unspecified atom stereocenters. The van der Waals surface area contributed by atoms with Crippen molar-refractivity contribution in [1.82, 2.24) is 0 Å². The molecule has 0 heterocycles. The van der Waals surface area contributed by atoms with Crippen molar-refractivity contribution in [1.29, 1.82) is 0 Å². The molecule has 0 aromatic rings. The molecular formula is C9H16FN. The van der Waals surface area contributed by atoms with E-state index in [9.17, 15) is 4.39 Å². The lowest BCUT2D eigenvalue weighted by Crippen LogP contribution is -2.05. The van der Waals surface area contributed by atoms with Crippen molar-refractivity contribution >= 4 is 0 Å². The van der Waals surface area contributed by atoms with Crippen LogP contribution in [0.15, 0.2) is 23.2 Å². The zero-order valence-corrected chi connectivity index (χ0v) is 7.61. The quantitative estimate of drug-likeness (QED) is 0.613. The normalized spacial score (nSPS) is 15.3. The first-order valence-electron chi connectivity index (χ1n) is 3.79. The third-order valence-corrected chi connectivity index (χ3v) is 1.80. The molecule has 0 aliphatic rings. The zero-order valence-electron chi connectivity index (χ0n) is 7.61. The van der Waals surface area contributed by atoms with Gasteiger partial charge < -0.3 is 5.73 Å². The van der Waals surface area contributed by atoms with E-state index in [2.05, 4.69) is 0 Å². The zero-order chi connectivity index (χ0) is 9.02. The lowest BCUT2D eigenvalue weighted by molar-refractivity contribution is 0.632. The molecule has 0 radical (unpaired) electrons. The van der Waals surface area contributed by atoms with Crippen LogP contribution in [0.5, 0.6) is 0 Å². The Balaban J connectivity index is 4.67. The van der Waals surface area contributed by atoms with Crippen molar-refractivity contribution in [2.24, 2.45) is 11.7 Å². The second-order valence-corrected chi connectivity index (χ2v) is 2.89. The first kappa shape index (κ1) is 10.2. The topological polar surface area (TPSA) is 26.0 Å². The van der Waals surface area contributed by atoms with Crippen molar-refractivity contribution in [3.05, 3.63) is 23.2 Å². The van der Waals surface area contributed by atoms with E-state index in [0.29, 0.717) is 5.92 Å². The first-order valence-corrected chi connectivity index (χ1v) is 3.79. The second-order valence-electron chi connectivity index (χ2n) is 2.89. The molecule has 2 heteroatoms. The highest BCUT2D eigenvalue weighted by Crippen LogP contribution is 2.16. The summed E-state index contributed by atoms with van der Waals surface area (Å²) in [5, 5.41) is 0. The Morgan fingerprint density at radius 3 is 2.18 bits per heavy atom. The average molecular weight is 157 g/mol. The third kappa shape index (κ3) is 2.74. The molecule has 0 aromatic carbocycles. The van der Waals surface area contributed by atoms with Gasteiger partial charge in [-0.1, -0.05) is 13.8 Å². The van der Waals surface area contributed by atoms with Crippen LogP contribution in [0.1, 0.15) is 27.7 Å². The van der Waals surface area contributed by atoms with E-state index in [1.807, 2.05) is 20.8 Å². The van der Waals surface area contributed by atoms with Gasteiger partial charge in [0, 0.05) is 0 Å². The van der Waals surface area contributed by atoms with Crippen molar-refractivity contribution in [3.63, 3.8) is 0 Å². The van der Waals surface area contributed by atoms with Crippen LogP contribution in [0, 0.1) is 5.92 Å². The minimum atomic E-state index is -0.323. The summed E-state index contributed by atoms with van der Waals surface area (Å²) in [6.45, 7) is 7.47. The van der Waals surface area contributed by atoms with Gasteiger partial charge in [0.25, 0.3) is 0 Å². The fourth-order valence-electron chi connectivity index (χ4n) is 0.655. The number of nitrogens with two attached hydrogens (primary N) is 1. The summed E-state index contributed by atoms with van der Waals surface area (Å²) < 4.78 is 12.8. The molecular weight excluding hydrogens is 141 g/mol. The maximum Gasteiger partial charge on any atom is 0.141 e. The van der Waals surface area contributed by atoms with Gasteiger partial charge in [-0.25, -0.2) is 4.39 Å². The molecule has 1 nitrogen and oxygen atoms in total. The number of hydrogen-bond donors (Lipinski definition) is 1. The van der Waals surface area contributed by atoms with Crippen LogP contribution in [0.3, 0.4) is 0 Å². The Morgan fingerprint density at radius 2 is 1.91 bits per heavy atom. The van der Waals surface area contributed by atoms with Crippen molar-refractivity contribution in [2.45, 2.75) is 27.7 Å². The summed E-state index contributed by atoms with van der Waals surface area (Å²) in [7, 11) is 0. The summed E-state index contributed by atoms with van der Waals surface area (Å²) in [5.74, 6) is -0.0168. The SMILES string of the molecule is C/C=C(F)\C(N)=C(/C)C(C)C. The second kappa shape index (κ2) is 4.16. The maximum absolute atomic E-state index is 12.8.